The molecule has 0 bridgehead atoms. The van der Waals surface area contributed by atoms with E-state index < -0.39 is 10.0 Å². The van der Waals surface area contributed by atoms with Gasteiger partial charge in [0.25, 0.3) is 10.0 Å². The number of nitrogens with zero attached hydrogens (tertiary/aromatic N) is 1. The van der Waals surface area contributed by atoms with Gasteiger partial charge < -0.3 is 0 Å². The van der Waals surface area contributed by atoms with Gasteiger partial charge in [-0.25, -0.2) is 12.4 Å². The van der Waals surface area contributed by atoms with Gasteiger partial charge in [-0.3, -0.25) is 0 Å². The minimum Gasteiger partial charge on any atom is -0.241 e. The van der Waals surface area contributed by atoms with Crippen molar-refractivity contribution in [3.63, 3.8) is 0 Å². The number of benzene rings is 2. The van der Waals surface area contributed by atoms with Crippen LogP contribution < -0.4 is 0 Å². The third kappa shape index (κ3) is 2.75. The van der Waals surface area contributed by atoms with Gasteiger partial charge in [-0.1, -0.05) is 49.7 Å². The van der Waals surface area contributed by atoms with Crippen LogP contribution in [0.3, 0.4) is 0 Å². The Labute approximate surface area is 144 Å². The lowest BCUT2D eigenvalue weighted by molar-refractivity contribution is 0.588. The smallest absolute Gasteiger partial charge is 0.241 e. The summed E-state index contributed by atoms with van der Waals surface area (Å²) in [5.41, 5.74) is 2.91. The third-order valence-electron chi connectivity index (χ3n) is 4.71. The van der Waals surface area contributed by atoms with E-state index in [1.807, 2.05) is 49.5 Å². The summed E-state index contributed by atoms with van der Waals surface area (Å²) in [6, 6.07) is 14.8. The first-order chi connectivity index (χ1) is 11.5. The maximum Gasteiger partial charge on any atom is 0.268 e. The largest absolute Gasteiger partial charge is 0.268 e. The molecule has 24 heavy (non-hydrogen) atoms. The van der Waals surface area contributed by atoms with Crippen molar-refractivity contribution in [3.8, 4) is 0 Å². The van der Waals surface area contributed by atoms with Gasteiger partial charge in [0.15, 0.2) is 0 Å². The molecular weight excluding hydrogens is 318 g/mol. The first-order valence-corrected chi connectivity index (χ1v) is 9.85. The Bertz CT molecular complexity index is 949. The van der Waals surface area contributed by atoms with Crippen molar-refractivity contribution in [2.45, 2.75) is 44.4 Å². The van der Waals surface area contributed by atoms with Crippen LogP contribution in [0.15, 0.2) is 59.6 Å². The fourth-order valence-electron chi connectivity index (χ4n) is 3.25. The summed E-state index contributed by atoms with van der Waals surface area (Å²) in [6.45, 7) is 6.25. The van der Waals surface area contributed by atoms with Crippen LogP contribution in [0.5, 0.6) is 0 Å². The van der Waals surface area contributed by atoms with Gasteiger partial charge in [0, 0.05) is 11.6 Å². The number of aryl methyl sites for hydroxylation is 1. The minimum absolute atomic E-state index is 0.324. The zero-order valence-corrected chi connectivity index (χ0v) is 15.2. The van der Waals surface area contributed by atoms with Crippen molar-refractivity contribution in [1.82, 2.24) is 3.97 Å². The summed E-state index contributed by atoms with van der Waals surface area (Å²) in [5.74, 6) is 0.365. The zero-order chi connectivity index (χ0) is 17.3. The molecule has 0 atom stereocenters. The molecule has 3 nitrogen and oxygen atoms in total. The monoisotopic (exact) mass is 341 g/mol. The Morgan fingerprint density at radius 2 is 1.58 bits per heavy atom. The Hall–Kier alpha value is -2.07. The number of aromatic nitrogens is 1. The van der Waals surface area contributed by atoms with Gasteiger partial charge in [-0.05, 0) is 49.4 Å². The lowest BCUT2D eigenvalue weighted by Gasteiger charge is -2.10. The maximum atomic E-state index is 13.1. The summed E-state index contributed by atoms with van der Waals surface area (Å²) in [6.07, 6.45) is 3.81. The molecule has 3 rings (SSSR count). The quantitative estimate of drug-likeness (QED) is 0.648. The second kappa shape index (κ2) is 6.44. The average molecular weight is 341 g/mol. The van der Waals surface area contributed by atoms with Crippen LogP contribution in [0.25, 0.3) is 10.9 Å². The lowest BCUT2D eigenvalue weighted by Crippen LogP contribution is -2.11. The van der Waals surface area contributed by atoms with Crippen molar-refractivity contribution in [1.29, 1.82) is 0 Å². The molecule has 0 amide bonds. The van der Waals surface area contributed by atoms with Crippen LogP contribution in [0.1, 0.15) is 43.7 Å². The van der Waals surface area contributed by atoms with E-state index in [0.717, 1.165) is 34.9 Å². The summed E-state index contributed by atoms with van der Waals surface area (Å²) in [4.78, 5) is 0.324. The van der Waals surface area contributed by atoms with Crippen molar-refractivity contribution < 1.29 is 8.42 Å². The summed E-state index contributed by atoms with van der Waals surface area (Å²) in [7, 11) is -3.59. The lowest BCUT2D eigenvalue weighted by atomic mass is 9.94. The fraction of sp³-hybridized carbons (Fsp3) is 0.300. The second-order valence-electron chi connectivity index (χ2n) is 6.23. The molecule has 0 aliphatic carbocycles. The van der Waals surface area contributed by atoms with E-state index in [2.05, 4.69) is 13.8 Å². The van der Waals surface area contributed by atoms with E-state index in [-0.39, 0.29) is 0 Å². The Morgan fingerprint density at radius 3 is 2.21 bits per heavy atom. The van der Waals surface area contributed by atoms with Gasteiger partial charge in [0.05, 0.1) is 10.4 Å². The van der Waals surface area contributed by atoms with Crippen LogP contribution in [0.4, 0.5) is 0 Å². The highest BCUT2D eigenvalue weighted by molar-refractivity contribution is 7.90. The predicted octanol–water partition coefficient (Wildman–Crippen LogP) is 5.09. The van der Waals surface area contributed by atoms with Crippen LogP contribution in [-0.4, -0.2) is 12.4 Å². The summed E-state index contributed by atoms with van der Waals surface area (Å²) in [5, 5.41) is 1.03. The van der Waals surface area contributed by atoms with Crippen molar-refractivity contribution in [2.75, 3.05) is 0 Å². The van der Waals surface area contributed by atoms with Crippen LogP contribution in [0.2, 0.25) is 0 Å². The van der Waals surface area contributed by atoms with E-state index in [1.54, 1.807) is 12.1 Å². The van der Waals surface area contributed by atoms with Gasteiger partial charge >= 0.3 is 0 Å². The molecule has 2 aromatic carbocycles. The molecule has 0 aliphatic heterocycles. The van der Waals surface area contributed by atoms with Gasteiger partial charge in [0.2, 0.25) is 0 Å². The number of fused-ring (bicyclic) bond motifs is 1. The molecule has 0 spiro atoms. The molecule has 0 unspecified atom stereocenters. The van der Waals surface area contributed by atoms with Gasteiger partial charge in [-0.2, -0.15) is 0 Å². The highest BCUT2D eigenvalue weighted by Crippen LogP contribution is 2.33. The van der Waals surface area contributed by atoms with Crippen molar-refractivity contribution in [3.05, 3.63) is 65.9 Å². The van der Waals surface area contributed by atoms with Crippen LogP contribution in [0, 0.1) is 6.92 Å². The Morgan fingerprint density at radius 1 is 0.958 bits per heavy atom. The molecular formula is C20H23NO2S. The van der Waals surface area contributed by atoms with Crippen molar-refractivity contribution >= 4 is 20.9 Å². The van der Waals surface area contributed by atoms with Crippen molar-refractivity contribution in [2.24, 2.45) is 0 Å². The zero-order valence-electron chi connectivity index (χ0n) is 14.4. The van der Waals surface area contributed by atoms with E-state index in [4.69, 9.17) is 0 Å². The first-order valence-electron chi connectivity index (χ1n) is 8.41. The third-order valence-corrected chi connectivity index (χ3v) is 6.40. The van der Waals surface area contributed by atoms with E-state index >= 15 is 0 Å². The summed E-state index contributed by atoms with van der Waals surface area (Å²) < 4.78 is 27.7. The first kappa shape index (κ1) is 16.8. The molecule has 4 heteroatoms. The predicted molar refractivity (Wildman–Crippen MR) is 99.0 cm³/mol. The molecule has 0 N–H and O–H groups in total. The Kier molecular flexibility index (Phi) is 4.50. The molecule has 0 aliphatic rings. The normalized spacial score (nSPS) is 12.2. The molecule has 0 saturated carbocycles. The molecule has 126 valence electrons. The van der Waals surface area contributed by atoms with E-state index in [0.29, 0.717) is 10.8 Å². The number of hydrogen-bond acceptors (Lipinski definition) is 2. The maximum absolute atomic E-state index is 13.1. The molecule has 1 heterocycles. The Balaban J connectivity index is 2.24. The van der Waals surface area contributed by atoms with E-state index in [1.165, 1.54) is 3.97 Å². The highest BCUT2D eigenvalue weighted by Gasteiger charge is 2.23. The SMILES string of the molecule is CCC(CC)c1cn(S(=O)(=O)c2ccc(C)cc2)c2ccccc12. The standard InChI is InChI=1S/C20H23NO2S/c1-4-16(5-2)19-14-21(20-9-7-6-8-18(19)20)24(22,23)17-12-10-15(3)11-13-17/h6-14,16H,4-5H2,1-3H3. The molecule has 0 saturated heterocycles. The summed E-state index contributed by atoms with van der Waals surface area (Å²) >= 11 is 0. The number of para-hydroxylation sites is 1. The topological polar surface area (TPSA) is 39.1 Å². The average Bonchev–Trinajstić information content (AvgIpc) is 2.97. The number of rotatable bonds is 5. The van der Waals surface area contributed by atoms with Gasteiger partial charge in [0.1, 0.15) is 0 Å². The molecule has 0 radical (unpaired) electrons. The van der Waals surface area contributed by atoms with Crippen LogP contribution in [-0.2, 0) is 10.0 Å². The van der Waals surface area contributed by atoms with E-state index in [9.17, 15) is 8.42 Å². The number of hydrogen-bond donors (Lipinski definition) is 0. The van der Waals surface area contributed by atoms with Gasteiger partial charge in [-0.15, -0.1) is 0 Å². The minimum atomic E-state index is -3.59. The molecule has 1 aromatic heterocycles. The fourth-order valence-corrected chi connectivity index (χ4v) is 4.63. The second-order valence-corrected chi connectivity index (χ2v) is 8.04. The highest BCUT2D eigenvalue weighted by atomic mass is 32.2. The molecule has 0 fully saturated rings. The van der Waals surface area contributed by atoms with Crippen LogP contribution >= 0.6 is 0 Å². The molecule has 3 aromatic rings.